The number of nitrogens with one attached hydrogen (secondary N) is 1. The molecule has 1 aromatic carbocycles. The molecule has 146 valence electrons. The molecule has 0 aliphatic carbocycles. The van der Waals surface area contributed by atoms with Gasteiger partial charge in [0.15, 0.2) is 19.7 Å². The molecule has 2 aliphatic rings. The minimum Gasteiger partial charge on any atom is -0.377 e. The second kappa shape index (κ2) is 7.19. The summed E-state index contributed by atoms with van der Waals surface area (Å²) in [6, 6.07) is 5.02. The van der Waals surface area contributed by atoms with Crippen LogP contribution in [0.2, 0.25) is 0 Å². The molecule has 2 atom stereocenters. The van der Waals surface area contributed by atoms with E-state index in [9.17, 15) is 25.3 Å². The fourth-order valence-electron chi connectivity index (χ4n) is 3.11. The third-order valence-corrected chi connectivity index (χ3v) is 10.2. The number of hydrogen-bond donors (Lipinski definition) is 1. The highest BCUT2D eigenvalue weighted by Crippen LogP contribution is 2.26. The zero-order valence-electron chi connectivity index (χ0n) is 14.0. The summed E-state index contributed by atoms with van der Waals surface area (Å²) in [4.78, 5) is -0.350. The Kier molecular flexibility index (Phi) is 5.46. The van der Waals surface area contributed by atoms with Crippen LogP contribution in [-0.4, -0.2) is 61.3 Å². The average molecular weight is 424 g/mol. The van der Waals surface area contributed by atoms with Gasteiger partial charge in [0, 0.05) is 13.2 Å². The molecule has 3 rings (SSSR count). The summed E-state index contributed by atoms with van der Waals surface area (Å²) in [5, 5.41) is -1.04. The third kappa shape index (κ3) is 4.28. The number of rotatable bonds is 6. The van der Waals surface area contributed by atoms with Gasteiger partial charge in [0.1, 0.15) is 0 Å². The first-order chi connectivity index (χ1) is 12.1. The van der Waals surface area contributed by atoms with Crippen LogP contribution >= 0.6 is 0 Å². The lowest BCUT2D eigenvalue weighted by Gasteiger charge is -2.13. The van der Waals surface area contributed by atoms with Crippen LogP contribution in [0, 0.1) is 0 Å². The Bertz CT molecular complexity index is 978. The van der Waals surface area contributed by atoms with Crippen LogP contribution in [0.4, 0.5) is 0 Å². The number of sulfone groups is 2. The summed E-state index contributed by atoms with van der Waals surface area (Å²) in [7, 11) is -11.2. The summed E-state index contributed by atoms with van der Waals surface area (Å²) in [5.41, 5.74) is 0. The zero-order chi connectivity index (χ0) is 19.0. The van der Waals surface area contributed by atoms with E-state index in [0.717, 1.165) is 18.9 Å². The van der Waals surface area contributed by atoms with Crippen LogP contribution in [0.5, 0.6) is 0 Å². The van der Waals surface area contributed by atoms with E-state index < -0.39 is 40.7 Å². The molecule has 8 nitrogen and oxygen atoms in total. The molecule has 2 heterocycles. The SMILES string of the molecule is O=S1(=O)CC[C@@H](S(=O)(=O)c2cccc(S(=O)(=O)NC[C@@H]3CCCO3)c2)C1. The van der Waals surface area contributed by atoms with Crippen molar-refractivity contribution in [2.24, 2.45) is 0 Å². The Labute approximate surface area is 153 Å². The quantitative estimate of drug-likeness (QED) is 0.688. The van der Waals surface area contributed by atoms with Gasteiger partial charge in [-0.1, -0.05) is 6.07 Å². The van der Waals surface area contributed by atoms with Crippen LogP contribution in [-0.2, 0) is 34.4 Å². The van der Waals surface area contributed by atoms with Crippen molar-refractivity contribution in [3.05, 3.63) is 24.3 Å². The molecule has 1 aromatic rings. The largest absolute Gasteiger partial charge is 0.377 e. The van der Waals surface area contributed by atoms with Gasteiger partial charge >= 0.3 is 0 Å². The van der Waals surface area contributed by atoms with Gasteiger partial charge in [-0.25, -0.2) is 30.0 Å². The molecular weight excluding hydrogens is 402 g/mol. The first-order valence-electron chi connectivity index (χ1n) is 8.26. The van der Waals surface area contributed by atoms with E-state index in [2.05, 4.69) is 4.72 Å². The van der Waals surface area contributed by atoms with E-state index in [1.807, 2.05) is 0 Å². The van der Waals surface area contributed by atoms with Crippen LogP contribution in [0.3, 0.4) is 0 Å². The number of hydrogen-bond acceptors (Lipinski definition) is 7. The van der Waals surface area contributed by atoms with E-state index >= 15 is 0 Å². The smallest absolute Gasteiger partial charge is 0.240 e. The summed E-state index contributed by atoms with van der Waals surface area (Å²) in [6.07, 6.45) is 1.50. The molecule has 2 aliphatic heterocycles. The lowest BCUT2D eigenvalue weighted by atomic mass is 10.2. The van der Waals surface area contributed by atoms with E-state index in [4.69, 9.17) is 4.74 Å². The van der Waals surface area contributed by atoms with Crippen molar-refractivity contribution in [3.8, 4) is 0 Å². The Morgan fingerprint density at radius 2 is 1.85 bits per heavy atom. The summed E-state index contributed by atoms with van der Waals surface area (Å²) in [6.45, 7) is 0.727. The summed E-state index contributed by atoms with van der Waals surface area (Å²) < 4.78 is 81.2. The predicted molar refractivity (Wildman–Crippen MR) is 94.8 cm³/mol. The van der Waals surface area contributed by atoms with E-state index in [1.54, 1.807) is 0 Å². The topological polar surface area (TPSA) is 124 Å². The minimum atomic E-state index is -3.92. The van der Waals surface area contributed by atoms with Gasteiger partial charge < -0.3 is 4.74 Å². The molecule has 26 heavy (non-hydrogen) atoms. The van der Waals surface area contributed by atoms with Crippen LogP contribution in [0.1, 0.15) is 19.3 Å². The molecule has 0 amide bonds. The van der Waals surface area contributed by atoms with Gasteiger partial charge in [0.05, 0.1) is 32.7 Å². The molecule has 0 saturated carbocycles. The Hall–Kier alpha value is -1.01. The first kappa shape index (κ1) is 19.7. The number of sulfonamides is 1. The molecule has 0 bridgehead atoms. The standard InChI is InChI=1S/C15H21NO7S3/c17-24(18)8-6-15(11-24)25(19,20)13-4-1-5-14(9-13)26(21,22)16-10-12-3-2-7-23-12/h1,4-5,9,12,15-16H,2-3,6-8,10-11H2/t12-,15+/m0/s1. The van der Waals surface area contributed by atoms with E-state index in [0.29, 0.717) is 6.61 Å². The maximum absolute atomic E-state index is 12.7. The molecule has 0 aromatic heterocycles. The summed E-state index contributed by atoms with van der Waals surface area (Å²) in [5.74, 6) is -0.596. The number of ether oxygens (including phenoxy) is 1. The third-order valence-electron chi connectivity index (χ3n) is 4.60. The normalized spacial score (nSPS) is 26.2. The second-order valence-electron chi connectivity index (χ2n) is 6.53. The fraction of sp³-hybridized carbons (Fsp3) is 0.600. The highest BCUT2D eigenvalue weighted by molar-refractivity contribution is 7.96. The molecule has 0 radical (unpaired) electrons. The van der Waals surface area contributed by atoms with Crippen molar-refractivity contribution < 1.29 is 30.0 Å². The van der Waals surface area contributed by atoms with Gasteiger partial charge in [-0.3, -0.25) is 0 Å². The van der Waals surface area contributed by atoms with Gasteiger partial charge in [-0.05, 0) is 37.5 Å². The van der Waals surface area contributed by atoms with Gasteiger partial charge in [0.25, 0.3) is 0 Å². The molecule has 0 spiro atoms. The minimum absolute atomic E-state index is 0.0267. The zero-order valence-corrected chi connectivity index (χ0v) is 16.4. The molecule has 2 saturated heterocycles. The van der Waals surface area contributed by atoms with Crippen molar-refractivity contribution in [1.82, 2.24) is 4.72 Å². The van der Waals surface area contributed by atoms with Crippen molar-refractivity contribution in [3.63, 3.8) is 0 Å². The highest BCUT2D eigenvalue weighted by Gasteiger charge is 2.38. The fourth-order valence-corrected chi connectivity index (χ4v) is 8.70. The maximum atomic E-state index is 12.7. The monoisotopic (exact) mass is 423 g/mol. The van der Waals surface area contributed by atoms with Crippen LogP contribution < -0.4 is 4.72 Å². The Morgan fingerprint density at radius 3 is 2.46 bits per heavy atom. The summed E-state index contributed by atoms with van der Waals surface area (Å²) >= 11 is 0. The van der Waals surface area contributed by atoms with Crippen LogP contribution in [0.15, 0.2) is 34.1 Å². The van der Waals surface area contributed by atoms with Crippen molar-refractivity contribution in [2.45, 2.75) is 40.4 Å². The van der Waals surface area contributed by atoms with Crippen LogP contribution in [0.25, 0.3) is 0 Å². The lowest BCUT2D eigenvalue weighted by molar-refractivity contribution is 0.114. The van der Waals surface area contributed by atoms with Crippen molar-refractivity contribution >= 4 is 29.7 Å². The number of benzene rings is 1. The van der Waals surface area contributed by atoms with Gasteiger partial charge in [-0.2, -0.15) is 0 Å². The first-order valence-corrected chi connectivity index (χ1v) is 13.1. The van der Waals surface area contributed by atoms with E-state index in [1.165, 1.54) is 18.2 Å². The molecule has 11 heteroatoms. The molecule has 2 fully saturated rings. The highest BCUT2D eigenvalue weighted by atomic mass is 32.2. The lowest BCUT2D eigenvalue weighted by Crippen LogP contribution is -2.32. The second-order valence-corrected chi connectivity index (χ2v) is 12.8. The molecule has 0 unspecified atom stereocenters. The Balaban J connectivity index is 1.81. The van der Waals surface area contributed by atoms with E-state index in [-0.39, 0.29) is 34.6 Å². The van der Waals surface area contributed by atoms with Crippen molar-refractivity contribution in [1.29, 1.82) is 0 Å². The Morgan fingerprint density at radius 1 is 1.12 bits per heavy atom. The molecular formula is C15H21NO7S3. The molecule has 1 N–H and O–H groups in total. The average Bonchev–Trinajstić information content (AvgIpc) is 3.22. The van der Waals surface area contributed by atoms with Gasteiger partial charge in [-0.15, -0.1) is 0 Å². The van der Waals surface area contributed by atoms with Crippen molar-refractivity contribution in [2.75, 3.05) is 24.7 Å². The van der Waals surface area contributed by atoms with Gasteiger partial charge in [0.2, 0.25) is 10.0 Å². The maximum Gasteiger partial charge on any atom is 0.240 e. The predicted octanol–water partition coefficient (Wildman–Crippen LogP) is 0.105.